The van der Waals surface area contributed by atoms with Crippen LogP contribution in [0.3, 0.4) is 0 Å². The van der Waals surface area contributed by atoms with Crippen LogP contribution in [0.5, 0.6) is 0 Å². The zero-order valence-corrected chi connectivity index (χ0v) is 5.52. The van der Waals surface area contributed by atoms with Gasteiger partial charge in [0.15, 0.2) is 0 Å². The van der Waals surface area contributed by atoms with Gasteiger partial charge in [-0.1, -0.05) is 0 Å². The maximum Gasteiger partial charge on any atom is 0.271 e. The molecule has 60 valence electrons. The van der Waals surface area contributed by atoms with Crippen LogP contribution in [-0.2, 0) is 4.74 Å². The Morgan fingerprint density at radius 3 is 2.70 bits per heavy atom. The number of hydrogen-bond donors (Lipinski definition) is 1. The Morgan fingerprint density at radius 2 is 2.30 bits per heavy atom. The monoisotopic (exact) mass is 152 g/mol. The van der Waals surface area contributed by atoms with Gasteiger partial charge in [0.25, 0.3) is 5.92 Å². The Kier molecular flexibility index (Phi) is 2.21. The fraction of sp³-hybridized carbons (Fsp3) is 1.00. The van der Waals surface area contributed by atoms with E-state index < -0.39 is 12.5 Å². The van der Waals surface area contributed by atoms with E-state index in [1.165, 1.54) is 0 Å². The SMILES string of the molecule is OCC1COCC(F)(F)C1. The molecule has 1 atom stereocenters. The van der Waals surface area contributed by atoms with Gasteiger partial charge in [0.1, 0.15) is 6.61 Å². The number of rotatable bonds is 1. The molecule has 0 bridgehead atoms. The molecule has 1 fully saturated rings. The van der Waals surface area contributed by atoms with E-state index >= 15 is 0 Å². The molecule has 0 saturated carbocycles. The van der Waals surface area contributed by atoms with Crippen LogP contribution >= 0.6 is 0 Å². The molecule has 2 nitrogen and oxygen atoms in total. The van der Waals surface area contributed by atoms with Crippen molar-refractivity contribution in [2.45, 2.75) is 12.3 Å². The summed E-state index contributed by atoms with van der Waals surface area (Å²) in [6.07, 6.45) is -0.247. The van der Waals surface area contributed by atoms with E-state index in [0.717, 1.165) is 0 Å². The van der Waals surface area contributed by atoms with Crippen LogP contribution in [0.15, 0.2) is 0 Å². The van der Waals surface area contributed by atoms with Crippen molar-refractivity contribution in [2.24, 2.45) is 5.92 Å². The highest BCUT2D eigenvalue weighted by molar-refractivity contribution is 4.75. The summed E-state index contributed by atoms with van der Waals surface area (Å²) in [6.45, 7) is -0.453. The predicted molar refractivity (Wildman–Crippen MR) is 31.0 cm³/mol. The number of hydrogen-bond acceptors (Lipinski definition) is 2. The van der Waals surface area contributed by atoms with Crippen LogP contribution in [0.4, 0.5) is 8.78 Å². The van der Waals surface area contributed by atoms with Crippen LogP contribution < -0.4 is 0 Å². The first kappa shape index (κ1) is 7.88. The smallest absolute Gasteiger partial charge is 0.271 e. The molecule has 0 radical (unpaired) electrons. The van der Waals surface area contributed by atoms with Gasteiger partial charge in [-0.3, -0.25) is 0 Å². The molecule has 1 heterocycles. The summed E-state index contributed by atoms with van der Waals surface area (Å²) in [5.74, 6) is -3.12. The zero-order valence-electron chi connectivity index (χ0n) is 5.52. The van der Waals surface area contributed by atoms with E-state index in [1.807, 2.05) is 0 Å². The van der Waals surface area contributed by atoms with Crippen molar-refractivity contribution < 1.29 is 18.6 Å². The lowest BCUT2D eigenvalue weighted by atomic mass is 10.0. The second-order valence-corrected chi connectivity index (χ2v) is 2.62. The van der Waals surface area contributed by atoms with Crippen LogP contribution in [-0.4, -0.2) is 30.8 Å². The Labute approximate surface area is 57.8 Å². The van der Waals surface area contributed by atoms with Gasteiger partial charge < -0.3 is 9.84 Å². The van der Waals surface area contributed by atoms with Crippen molar-refractivity contribution in [1.29, 1.82) is 0 Å². The van der Waals surface area contributed by atoms with E-state index in [4.69, 9.17) is 5.11 Å². The second kappa shape index (κ2) is 2.80. The summed E-state index contributed by atoms with van der Waals surface area (Å²) in [6, 6.07) is 0. The number of ether oxygens (including phenoxy) is 1. The molecule has 0 amide bonds. The number of alkyl halides is 2. The molecule has 0 spiro atoms. The van der Waals surface area contributed by atoms with E-state index in [-0.39, 0.29) is 25.6 Å². The van der Waals surface area contributed by atoms with Crippen molar-refractivity contribution in [3.8, 4) is 0 Å². The molecule has 0 aromatic rings. The Balaban J connectivity index is 2.40. The normalized spacial score (nSPS) is 32.1. The minimum Gasteiger partial charge on any atom is -0.396 e. The van der Waals surface area contributed by atoms with E-state index in [1.54, 1.807) is 0 Å². The van der Waals surface area contributed by atoms with Crippen LogP contribution in [0.25, 0.3) is 0 Å². The molecule has 1 saturated heterocycles. The topological polar surface area (TPSA) is 29.5 Å². The van der Waals surface area contributed by atoms with Gasteiger partial charge in [0, 0.05) is 18.9 Å². The lowest BCUT2D eigenvalue weighted by molar-refractivity contribution is -0.142. The van der Waals surface area contributed by atoms with E-state index in [9.17, 15) is 8.78 Å². The van der Waals surface area contributed by atoms with Gasteiger partial charge in [-0.2, -0.15) is 0 Å². The fourth-order valence-corrected chi connectivity index (χ4v) is 1.03. The summed E-state index contributed by atoms with van der Waals surface area (Å²) in [4.78, 5) is 0. The van der Waals surface area contributed by atoms with Crippen molar-refractivity contribution in [3.05, 3.63) is 0 Å². The molecule has 0 aromatic heterocycles. The first-order chi connectivity index (χ1) is 4.64. The summed E-state index contributed by atoms with van der Waals surface area (Å²) in [5, 5.41) is 8.51. The highest BCUT2D eigenvalue weighted by Gasteiger charge is 2.36. The van der Waals surface area contributed by atoms with Gasteiger partial charge in [-0.25, -0.2) is 8.78 Å². The first-order valence-electron chi connectivity index (χ1n) is 3.20. The summed E-state index contributed by atoms with van der Waals surface area (Å²) >= 11 is 0. The lowest BCUT2D eigenvalue weighted by Gasteiger charge is -2.27. The molecule has 1 rings (SSSR count). The summed E-state index contributed by atoms with van der Waals surface area (Å²) in [5.41, 5.74) is 0. The molecule has 10 heavy (non-hydrogen) atoms. The minimum absolute atomic E-state index is 0.213. The van der Waals surface area contributed by atoms with Gasteiger partial charge in [-0.15, -0.1) is 0 Å². The van der Waals surface area contributed by atoms with Crippen molar-refractivity contribution in [2.75, 3.05) is 19.8 Å². The highest BCUT2D eigenvalue weighted by Crippen LogP contribution is 2.28. The summed E-state index contributed by atoms with van der Waals surface area (Å²) in [7, 11) is 0. The second-order valence-electron chi connectivity index (χ2n) is 2.62. The van der Waals surface area contributed by atoms with Crippen molar-refractivity contribution >= 4 is 0 Å². The van der Waals surface area contributed by atoms with Crippen molar-refractivity contribution in [1.82, 2.24) is 0 Å². The first-order valence-corrected chi connectivity index (χ1v) is 3.20. The van der Waals surface area contributed by atoms with Gasteiger partial charge in [-0.05, 0) is 0 Å². The van der Waals surface area contributed by atoms with Crippen LogP contribution in [0.1, 0.15) is 6.42 Å². The van der Waals surface area contributed by atoms with Crippen LogP contribution in [0, 0.1) is 5.92 Å². The Hall–Kier alpha value is -0.220. The third kappa shape index (κ3) is 1.88. The van der Waals surface area contributed by atoms with Gasteiger partial charge in [0.2, 0.25) is 0 Å². The average molecular weight is 152 g/mol. The predicted octanol–water partition coefficient (Wildman–Crippen LogP) is 0.651. The Bertz CT molecular complexity index is 116. The molecule has 0 aromatic carbocycles. The standard InChI is InChI=1S/C6H10F2O2/c7-6(8)1-5(2-9)3-10-4-6/h5,9H,1-4H2. The highest BCUT2D eigenvalue weighted by atomic mass is 19.3. The molecular formula is C6H10F2O2. The zero-order chi connectivity index (χ0) is 7.61. The van der Waals surface area contributed by atoms with Crippen LogP contribution in [0.2, 0.25) is 0 Å². The maximum atomic E-state index is 12.4. The molecule has 4 heteroatoms. The maximum absolute atomic E-state index is 12.4. The third-order valence-corrected chi connectivity index (χ3v) is 1.51. The van der Waals surface area contributed by atoms with Crippen molar-refractivity contribution in [3.63, 3.8) is 0 Å². The summed E-state index contributed by atoms with van der Waals surface area (Å²) < 4.78 is 29.4. The largest absolute Gasteiger partial charge is 0.396 e. The van der Waals surface area contributed by atoms with Gasteiger partial charge >= 0.3 is 0 Å². The number of aliphatic hydroxyl groups is 1. The molecule has 0 aliphatic carbocycles. The minimum atomic E-state index is -2.73. The molecule has 1 aliphatic rings. The average Bonchev–Trinajstić information content (AvgIpc) is 1.86. The van der Waals surface area contributed by atoms with E-state index in [2.05, 4.69) is 4.74 Å². The molecule has 1 unspecified atom stereocenters. The number of aliphatic hydroxyl groups excluding tert-OH is 1. The fourth-order valence-electron chi connectivity index (χ4n) is 1.03. The quantitative estimate of drug-likeness (QED) is 0.597. The third-order valence-electron chi connectivity index (χ3n) is 1.51. The molecular weight excluding hydrogens is 142 g/mol. The molecule has 1 aliphatic heterocycles. The Morgan fingerprint density at radius 1 is 1.60 bits per heavy atom. The lowest BCUT2D eigenvalue weighted by Crippen LogP contribution is -2.36. The van der Waals surface area contributed by atoms with Gasteiger partial charge in [0.05, 0.1) is 6.61 Å². The number of halogens is 2. The molecule has 1 N–H and O–H groups in total. The van der Waals surface area contributed by atoms with E-state index in [0.29, 0.717) is 0 Å².